The third-order valence-electron chi connectivity index (χ3n) is 4.14. The Hall–Kier alpha value is -1.33. The van der Waals surface area contributed by atoms with Crippen molar-refractivity contribution in [2.45, 2.75) is 39.7 Å². The molecule has 1 amide bonds. The molecular weight excluding hydrogens is 302 g/mol. The smallest absolute Gasteiger partial charge is 0.257 e. The SMILES string of the molecule is CCN1CCCC1CNC(=O)c1c(C)cc(C)nc1OC.Cl. The van der Waals surface area contributed by atoms with Crippen LogP contribution in [-0.2, 0) is 0 Å². The lowest BCUT2D eigenvalue weighted by Crippen LogP contribution is -2.40. The molecule has 1 aliphatic heterocycles. The van der Waals surface area contributed by atoms with Gasteiger partial charge in [0.25, 0.3) is 5.91 Å². The number of likely N-dealkylation sites (N-methyl/N-ethyl adjacent to an activating group) is 1. The molecule has 1 unspecified atom stereocenters. The highest BCUT2D eigenvalue weighted by Gasteiger charge is 2.24. The Labute approximate surface area is 138 Å². The number of aromatic nitrogens is 1. The third-order valence-corrected chi connectivity index (χ3v) is 4.14. The van der Waals surface area contributed by atoms with Crippen molar-refractivity contribution in [2.24, 2.45) is 0 Å². The van der Waals surface area contributed by atoms with Crippen molar-refractivity contribution in [3.63, 3.8) is 0 Å². The fourth-order valence-corrected chi connectivity index (χ4v) is 3.07. The van der Waals surface area contributed by atoms with Crippen molar-refractivity contribution < 1.29 is 9.53 Å². The zero-order chi connectivity index (χ0) is 15.4. The summed E-state index contributed by atoms with van der Waals surface area (Å²) in [4.78, 5) is 19.2. The van der Waals surface area contributed by atoms with Crippen molar-refractivity contribution in [2.75, 3.05) is 26.7 Å². The molecule has 0 spiro atoms. The quantitative estimate of drug-likeness (QED) is 0.902. The number of nitrogens with one attached hydrogen (secondary N) is 1. The Morgan fingerprint density at radius 1 is 1.50 bits per heavy atom. The van der Waals surface area contributed by atoms with E-state index in [9.17, 15) is 4.79 Å². The zero-order valence-corrected chi connectivity index (χ0v) is 14.6. The van der Waals surface area contributed by atoms with Crippen molar-refractivity contribution >= 4 is 18.3 Å². The minimum Gasteiger partial charge on any atom is -0.480 e. The highest BCUT2D eigenvalue weighted by molar-refractivity contribution is 5.97. The second kappa shape index (κ2) is 8.34. The van der Waals surface area contributed by atoms with Gasteiger partial charge in [-0.3, -0.25) is 9.69 Å². The molecule has 22 heavy (non-hydrogen) atoms. The zero-order valence-electron chi connectivity index (χ0n) is 13.8. The van der Waals surface area contributed by atoms with Crippen LogP contribution in [0.1, 0.15) is 41.4 Å². The van der Waals surface area contributed by atoms with Crippen LogP contribution in [0.2, 0.25) is 0 Å². The van der Waals surface area contributed by atoms with Gasteiger partial charge in [-0.1, -0.05) is 6.92 Å². The number of halogens is 1. The Balaban J connectivity index is 0.00000242. The molecular formula is C16H26ClN3O2. The van der Waals surface area contributed by atoms with Gasteiger partial charge in [0.05, 0.1) is 7.11 Å². The lowest BCUT2D eigenvalue weighted by Gasteiger charge is -2.23. The maximum Gasteiger partial charge on any atom is 0.257 e. The highest BCUT2D eigenvalue weighted by atomic mass is 35.5. The summed E-state index contributed by atoms with van der Waals surface area (Å²) in [7, 11) is 1.55. The number of rotatable bonds is 5. The van der Waals surface area contributed by atoms with E-state index in [1.54, 1.807) is 7.11 Å². The normalized spacial score (nSPS) is 17.9. The van der Waals surface area contributed by atoms with Gasteiger partial charge in [0.1, 0.15) is 5.56 Å². The number of aryl methyl sites for hydroxylation is 2. The Kier molecular flexibility index (Phi) is 7.10. The molecule has 5 nitrogen and oxygen atoms in total. The van der Waals surface area contributed by atoms with Crippen molar-refractivity contribution in [3.05, 3.63) is 22.9 Å². The number of methoxy groups -OCH3 is 1. The molecule has 0 saturated carbocycles. The predicted molar refractivity (Wildman–Crippen MR) is 90.1 cm³/mol. The molecule has 1 saturated heterocycles. The first-order valence-corrected chi connectivity index (χ1v) is 7.61. The van der Waals surface area contributed by atoms with E-state index in [4.69, 9.17) is 4.74 Å². The molecule has 124 valence electrons. The molecule has 0 aromatic carbocycles. The van der Waals surface area contributed by atoms with E-state index < -0.39 is 0 Å². The number of amides is 1. The van der Waals surface area contributed by atoms with E-state index >= 15 is 0 Å². The lowest BCUT2D eigenvalue weighted by molar-refractivity contribution is 0.0937. The molecule has 1 N–H and O–H groups in total. The first-order valence-electron chi connectivity index (χ1n) is 7.61. The van der Waals surface area contributed by atoms with Gasteiger partial charge in [-0.2, -0.15) is 0 Å². The summed E-state index contributed by atoms with van der Waals surface area (Å²) in [6.45, 7) is 8.83. The van der Waals surface area contributed by atoms with Gasteiger partial charge in [0.2, 0.25) is 5.88 Å². The van der Waals surface area contributed by atoms with Crippen LogP contribution in [0.5, 0.6) is 5.88 Å². The van der Waals surface area contributed by atoms with E-state index in [-0.39, 0.29) is 18.3 Å². The molecule has 2 heterocycles. The average molecular weight is 328 g/mol. The molecule has 1 atom stereocenters. The van der Waals surface area contributed by atoms with Crippen LogP contribution in [0.3, 0.4) is 0 Å². The van der Waals surface area contributed by atoms with Gasteiger partial charge in [0, 0.05) is 18.3 Å². The van der Waals surface area contributed by atoms with Crippen LogP contribution in [0.25, 0.3) is 0 Å². The average Bonchev–Trinajstić information content (AvgIpc) is 2.91. The molecule has 1 fully saturated rings. The summed E-state index contributed by atoms with van der Waals surface area (Å²) < 4.78 is 5.26. The van der Waals surface area contributed by atoms with Crippen LogP contribution in [0.15, 0.2) is 6.07 Å². The second-order valence-electron chi connectivity index (χ2n) is 5.60. The van der Waals surface area contributed by atoms with E-state index in [1.807, 2.05) is 19.9 Å². The molecule has 0 bridgehead atoms. The second-order valence-corrected chi connectivity index (χ2v) is 5.60. The summed E-state index contributed by atoms with van der Waals surface area (Å²) in [6, 6.07) is 2.36. The Morgan fingerprint density at radius 2 is 2.23 bits per heavy atom. The minimum absolute atomic E-state index is 0. The summed E-state index contributed by atoms with van der Waals surface area (Å²) in [6.07, 6.45) is 2.36. The fourth-order valence-electron chi connectivity index (χ4n) is 3.07. The number of carbonyl (C=O) groups excluding carboxylic acids is 1. The first kappa shape index (κ1) is 18.7. The van der Waals surface area contributed by atoms with Crippen LogP contribution in [-0.4, -0.2) is 48.6 Å². The Bertz CT molecular complexity index is 522. The predicted octanol–water partition coefficient (Wildman–Crippen LogP) is 2.34. The van der Waals surface area contributed by atoms with Crippen molar-refractivity contribution in [3.8, 4) is 5.88 Å². The number of nitrogens with zero attached hydrogens (tertiary/aromatic N) is 2. The molecule has 6 heteroatoms. The third kappa shape index (κ3) is 4.11. The van der Waals surface area contributed by atoms with E-state index in [2.05, 4.69) is 22.1 Å². The van der Waals surface area contributed by atoms with Gasteiger partial charge in [-0.25, -0.2) is 4.98 Å². The number of hydrogen-bond donors (Lipinski definition) is 1. The maximum atomic E-state index is 12.5. The number of ether oxygens (including phenoxy) is 1. The maximum absolute atomic E-state index is 12.5. The summed E-state index contributed by atoms with van der Waals surface area (Å²) in [5.74, 6) is 0.309. The van der Waals surface area contributed by atoms with Crippen LogP contribution in [0, 0.1) is 13.8 Å². The van der Waals surface area contributed by atoms with Gasteiger partial charge < -0.3 is 10.1 Å². The molecule has 1 aromatic rings. The minimum atomic E-state index is -0.0974. The van der Waals surface area contributed by atoms with Gasteiger partial charge >= 0.3 is 0 Å². The van der Waals surface area contributed by atoms with E-state index in [1.165, 1.54) is 6.42 Å². The Morgan fingerprint density at radius 3 is 2.86 bits per heavy atom. The molecule has 0 radical (unpaired) electrons. The van der Waals surface area contributed by atoms with Crippen LogP contribution >= 0.6 is 12.4 Å². The van der Waals surface area contributed by atoms with E-state index in [0.717, 1.165) is 30.8 Å². The van der Waals surface area contributed by atoms with Crippen molar-refractivity contribution in [1.29, 1.82) is 0 Å². The van der Waals surface area contributed by atoms with Crippen LogP contribution in [0.4, 0.5) is 0 Å². The first-order chi connectivity index (χ1) is 10.1. The topological polar surface area (TPSA) is 54.5 Å². The monoisotopic (exact) mass is 327 g/mol. The summed E-state index contributed by atoms with van der Waals surface area (Å²) in [5.41, 5.74) is 2.30. The molecule has 1 aromatic heterocycles. The standard InChI is InChI=1S/C16H25N3O2.ClH/c1-5-19-8-6-7-13(19)10-17-15(20)14-11(2)9-12(3)18-16(14)21-4;/h9,13H,5-8,10H2,1-4H3,(H,17,20);1H. The number of hydrogen-bond acceptors (Lipinski definition) is 4. The van der Waals surface area contributed by atoms with Crippen LogP contribution < -0.4 is 10.1 Å². The summed E-state index contributed by atoms with van der Waals surface area (Å²) >= 11 is 0. The number of likely N-dealkylation sites (tertiary alicyclic amines) is 1. The van der Waals surface area contributed by atoms with Gasteiger partial charge in [0.15, 0.2) is 0 Å². The highest BCUT2D eigenvalue weighted by Crippen LogP contribution is 2.21. The van der Waals surface area contributed by atoms with E-state index in [0.29, 0.717) is 24.0 Å². The van der Waals surface area contributed by atoms with Gasteiger partial charge in [-0.05, 0) is 51.4 Å². The fraction of sp³-hybridized carbons (Fsp3) is 0.625. The van der Waals surface area contributed by atoms with Crippen molar-refractivity contribution in [1.82, 2.24) is 15.2 Å². The summed E-state index contributed by atoms with van der Waals surface area (Å²) in [5, 5.41) is 3.04. The number of carbonyl (C=O) groups is 1. The van der Waals surface area contributed by atoms with Gasteiger partial charge in [-0.15, -0.1) is 12.4 Å². The molecule has 0 aliphatic carbocycles. The lowest BCUT2D eigenvalue weighted by atomic mass is 10.1. The molecule has 2 rings (SSSR count). The largest absolute Gasteiger partial charge is 0.480 e. The number of pyridine rings is 1. The molecule has 1 aliphatic rings.